The summed E-state index contributed by atoms with van der Waals surface area (Å²) in [6, 6.07) is 10.1. The van der Waals surface area contributed by atoms with Crippen molar-refractivity contribution in [2.75, 3.05) is 16.9 Å². The maximum atomic E-state index is 11.3. The Kier molecular flexibility index (Phi) is 6.10. The van der Waals surface area contributed by atoms with Crippen molar-refractivity contribution >= 4 is 43.3 Å². The van der Waals surface area contributed by atoms with E-state index < -0.39 is 10.0 Å². The van der Waals surface area contributed by atoms with E-state index >= 15 is 0 Å². The minimum Gasteiger partial charge on any atom is -0.367 e. The quantitative estimate of drug-likeness (QED) is 0.638. The van der Waals surface area contributed by atoms with Crippen LogP contribution in [0.25, 0.3) is 0 Å². The highest BCUT2D eigenvalue weighted by atomic mass is 79.9. The maximum absolute atomic E-state index is 11.3. The number of nitrogens with zero attached hydrogens (tertiary/aromatic N) is 2. The van der Waals surface area contributed by atoms with E-state index in [9.17, 15) is 8.42 Å². The number of halogens is 1. The Bertz CT molecular complexity index is 854. The normalized spacial score (nSPS) is 20.5. The van der Waals surface area contributed by atoms with Crippen LogP contribution in [0.3, 0.4) is 0 Å². The maximum Gasteiger partial charge on any atom is 0.208 e. The lowest BCUT2D eigenvalue weighted by atomic mass is 9.92. The molecule has 3 rings (SSSR count). The molecule has 1 saturated carbocycles. The largest absolute Gasteiger partial charge is 0.367 e. The molecule has 0 saturated heterocycles. The van der Waals surface area contributed by atoms with Crippen LogP contribution in [-0.2, 0) is 10.0 Å². The average molecular weight is 440 g/mol. The SMILES string of the molecule is CS(=O)(=O)N[C@H]1CC[C@H](Nc2cc(Nc3cccc(Br)c3)ncn2)CC1. The molecule has 0 spiro atoms. The van der Waals surface area contributed by atoms with Gasteiger partial charge in [-0.25, -0.2) is 23.1 Å². The van der Waals surface area contributed by atoms with Gasteiger partial charge in [-0.15, -0.1) is 0 Å². The molecule has 0 unspecified atom stereocenters. The van der Waals surface area contributed by atoms with Crippen molar-refractivity contribution in [3.05, 3.63) is 41.1 Å². The van der Waals surface area contributed by atoms with Gasteiger partial charge in [0.2, 0.25) is 10.0 Å². The van der Waals surface area contributed by atoms with Gasteiger partial charge in [-0.1, -0.05) is 22.0 Å². The zero-order valence-electron chi connectivity index (χ0n) is 14.4. The van der Waals surface area contributed by atoms with Crippen molar-refractivity contribution in [1.82, 2.24) is 14.7 Å². The van der Waals surface area contributed by atoms with Crippen LogP contribution in [0.15, 0.2) is 41.1 Å². The first-order valence-corrected chi connectivity index (χ1v) is 11.1. The number of rotatable bonds is 6. The third kappa shape index (κ3) is 5.93. The first-order valence-electron chi connectivity index (χ1n) is 8.46. The van der Waals surface area contributed by atoms with Crippen LogP contribution in [-0.4, -0.2) is 36.7 Å². The van der Waals surface area contributed by atoms with Gasteiger partial charge in [0, 0.05) is 28.3 Å². The van der Waals surface area contributed by atoms with Gasteiger partial charge < -0.3 is 10.6 Å². The van der Waals surface area contributed by atoms with E-state index in [0.29, 0.717) is 5.82 Å². The number of aromatic nitrogens is 2. The Morgan fingerprint density at radius 1 is 1.04 bits per heavy atom. The van der Waals surface area contributed by atoms with Crippen LogP contribution in [0.2, 0.25) is 0 Å². The van der Waals surface area contributed by atoms with Crippen LogP contribution in [0, 0.1) is 0 Å². The minimum atomic E-state index is -3.14. The van der Waals surface area contributed by atoms with Crippen LogP contribution in [0.5, 0.6) is 0 Å². The van der Waals surface area contributed by atoms with E-state index in [0.717, 1.165) is 41.7 Å². The molecular weight excluding hydrogens is 418 g/mol. The molecule has 0 amide bonds. The summed E-state index contributed by atoms with van der Waals surface area (Å²) in [4.78, 5) is 8.54. The summed E-state index contributed by atoms with van der Waals surface area (Å²) in [6.45, 7) is 0. The monoisotopic (exact) mass is 439 g/mol. The van der Waals surface area contributed by atoms with Crippen molar-refractivity contribution in [2.45, 2.75) is 37.8 Å². The number of sulfonamides is 1. The van der Waals surface area contributed by atoms with Crippen LogP contribution in [0.1, 0.15) is 25.7 Å². The number of hydrogen-bond acceptors (Lipinski definition) is 6. The van der Waals surface area contributed by atoms with E-state index in [1.807, 2.05) is 30.3 Å². The Morgan fingerprint density at radius 2 is 1.73 bits per heavy atom. The van der Waals surface area contributed by atoms with Gasteiger partial charge in [-0.3, -0.25) is 0 Å². The molecule has 3 N–H and O–H groups in total. The molecule has 9 heteroatoms. The molecule has 1 aromatic heterocycles. The summed E-state index contributed by atoms with van der Waals surface area (Å²) in [7, 11) is -3.14. The smallest absolute Gasteiger partial charge is 0.208 e. The highest BCUT2D eigenvalue weighted by Gasteiger charge is 2.23. The second-order valence-corrected chi connectivity index (χ2v) is 9.20. The molecule has 2 aromatic rings. The summed E-state index contributed by atoms with van der Waals surface area (Å²) in [5.74, 6) is 1.48. The molecule has 140 valence electrons. The van der Waals surface area contributed by atoms with Crippen molar-refractivity contribution in [3.63, 3.8) is 0 Å². The molecule has 1 aromatic carbocycles. The summed E-state index contributed by atoms with van der Waals surface area (Å²) >= 11 is 3.45. The standard InChI is InChI=1S/C17H22BrN5O2S/c1-26(24,25)23-14-7-5-13(6-8-14)21-16-10-17(20-11-19-16)22-15-4-2-3-12(18)9-15/h2-4,9-11,13-14,23H,5-8H2,1H3,(H2,19,20,21,22)/t13-,14-. The van der Waals surface area contributed by atoms with Crippen LogP contribution >= 0.6 is 15.9 Å². The molecule has 1 aliphatic rings. The Morgan fingerprint density at radius 3 is 2.42 bits per heavy atom. The second kappa shape index (κ2) is 8.32. The fraction of sp³-hybridized carbons (Fsp3) is 0.412. The van der Waals surface area contributed by atoms with Gasteiger partial charge in [0.05, 0.1) is 6.26 Å². The van der Waals surface area contributed by atoms with Crippen LogP contribution < -0.4 is 15.4 Å². The molecule has 1 fully saturated rings. The number of hydrogen-bond donors (Lipinski definition) is 3. The van der Waals surface area contributed by atoms with Gasteiger partial charge in [0.15, 0.2) is 0 Å². The van der Waals surface area contributed by atoms with E-state index in [2.05, 4.69) is 41.3 Å². The van der Waals surface area contributed by atoms with E-state index in [1.54, 1.807) is 0 Å². The number of nitrogens with one attached hydrogen (secondary N) is 3. The lowest BCUT2D eigenvalue weighted by Gasteiger charge is -2.29. The Labute approximate surface area is 162 Å². The minimum absolute atomic E-state index is 0.0298. The lowest BCUT2D eigenvalue weighted by Crippen LogP contribution is -2.39. The lowest BCUT2D eigenvalue weighted by molar-refractivity contribution is 0.387. The van der Waals surface area contributed by atoms with Gasteiger partial charge in [0.25, 0.3) is 0 Å². The molecule has 0 radical (unpaired) electrons. The van der Waals surface area contributed by atoms with Gasteiger partial charge in [0.1, 0.15) is 18.0 Å². The van der Waals surface area contributed by atoms with Gasteiger partial charge >= 0.3 is 0 Å². The summed E-state index contributed by atoms with van der Waals surface area (Å²) in [5.41, 5.74) is 0.941. The van der Waals surface area contributed by atoms with E-state index in [4.69, 9.17) is 0 Å². The predicted molar refractivity (Wildman–Crippen MR) is 107 cm³/mol. The van der Waals surface area contributed by atoms with Crippen LogP contribution in [0.4, 0.5) is 17.3 Å². The average Bonchev–Trinajstić information content (AvgIpc) is 2.56. The third-order valence-corrected chi connectivity index (χ3v) is 5.48. The van der Waals surface area contributed by atoms with Crippen molar-refractivity contribution < 1.29 is 8.42 Å². The zero-order chi connectivity index (χ0) is 18.6. The van der Waals surface area contributed by atoms with Crippen molar-refractivity contribution in [1.29, 1.82) is 0 Å². The van der Waals surface area contributed by atoms with Gasteiger partial charge in [-0.2, -0.15) is 0 Å². The summed E-state index contributed by atoms with van der Waals surface area (Å²) < 4.78 is 26.3. The number of anilines is 3. The van der Waals surface area contributed by atoms with Gasteiger partial charge in [-0.05, 0) is 43.9 Å². The summed E-state index contributed by atoms with van der Waals surface area (Å²) in [6.07, 6.45) is 6.16. The van der Waals surface area contributed by atoms with Crippen molar-refractivity contribution in [2.24, 2.45) is 0 Å². The predicted octanol–water partition coefficient (Wildman–Crippen LogP) is 3.26. The first-order chi connectivity index (χ1) is 12.4. The highest BCUT2D eigenvalue weighted by molar-refractivity contribution is 9.10. The fourth-order valence-electron chi connectivity index (χ4n) is 3.09. The number of benzene rings is 1. The topological polar surface area (TPSA) is 96.0 Å². The summed E-state index contributed by atoms with van der Waals surface area (Å²) in [5, 5.41) is 6.68. The van der Waals surface area contributed by atoms with E-state index in [-0.39, 0.29) is 12.1 Å². The third-order valence-electron chi connectivity index (χ3n) is 4.22. The molecule has 1 aliphatic carbocycles. The molecule has 7 nitrogen and oxygen atoms in total. The van der Waals surface area contributed by atoms with Crippen molar-refractivity contribution in [3.8, 4) is 0 Å². The second-order valence-electron chi connectivity index (χ2n) is 6.51. The fourth-order valence-corrected chi connectivity index (χ4v) is 4.33. The Hall–Kier alpha value is -1.71. The molecule has 0 atom stereocenters. The molecule has 0 aliphatic heterocycles. The first kappa shape index (κ1) is 19.1. The highest BCUT2D eigenvalue weighted by Crippen LogP contribution is 2.24. The zero-order valence-corrected chi connectivity index (χ0v) is 16.8. The Balaban J connectivity index is 1.56. The molecular formula is C17H22BrN5O2S. The van der Waals surface area contributed by atoms with E-state index in [1.165, 1.54) is 12.6 Å². The molecule has 1 heterocycles. The molecule has 26 heavy (non-hydrogen) atoms. The molecule has 0 bridgehead atoms.